The summed E-state index contributed by atoms with van der Waals surface area (Å²) in [6, 6.07) is -0.614. The molecule has 0 aliphatic carbocycles. The largest absolute Gasteiger partial charge is 0.466 e. The van der Waals surface area contributed by atoms with Gasteiger partial charge in [0.25, 0.3) is 0 Å². The van der Waals surface area contributed by atoms with E-state index >= 15 is 0 Å². The van der Waals surface area contributed by atoms with E-state index in [4.69, 9.17) is 10.0 Å². The summed E-state index contributed by atoms with van der Waals surface area (Å²) >= 11 is 0. The fourth-order valence-electron chi connectivity index (χ4n) is 0.525. The van der Waals surface area contributed by atoms with Gasteiger partial charge in [0.1, 0.15) is 0 Å². The second-order valence-electron chi connectivity index (χ2n) is 1.83. The third-order valence-electron chi connectivity index (χ3n) is 1.06. The number of carbonyl (C=O) groups is 1. The molecule has 0 saturated heterocycles. The van der Waals surface area contributed by atoms with E-state index in [0.29, 0.717) is 0 Å². The van der Waals surface area contributed by atoms with Crippen molar-refractivity contribution in [3.63, 3.8) is 0 Å². The van der Waals surface area contributed by atoms with Gasteiger partial charge in [-0.25, -0.2) is 14.8 Å². The van der Waals surface area contributed by atoms with Crippen LogP contribution in [0.15, 0.2) is 9.98 Å². The van der Waals surface area contributed by atoms with Crippen molar-refractivity contribution in [3.8, 4) is 0 Å². The van der Waals surface area contributed by atoms with Gasteiger partial charge in [-0.3, -0.25) is 0 Å². The molecule has 0 bridgehead atoms. The van der Waals surface area contributed by atoms with Gasteiger partial charge < -0.3 is 10.0 Å². The topological polar surface area (TPSA) is 82.2 Å². The Kier molecular flexibility index (Phi) is 1.93. The lowest BCUT2D eigenvalue weighted by Crippen LogP contribution is -2.24. The molecule has 2 amide bonds. The lowest BCUT2D eigenvalue weighted by atomic mass is 9.74. The average Bonchev–Trinajstić information content (AvgIpc) is 1.88. The van der Waals surface area contributed by atoms with Crippen molar-refractivity contribution in [1.82, 2.24) is 0 Å². The summed E-state index contributed by atoms with van der Waals surface area (Å²) in [7, 11) is -1.53. The minimum absolute atomic E-state index is 0.614. The molecule has 1 aliphatic rings. The molecule has 0 fully saturated rings. The van der Waals surface area contributed by atoms with Crippen molar-refractivity contribution in [2.24, 2.45) is 9.98 Å². The molecule has 0 unspecified atom stereocenters. The van der Waals surface area contributed by atoms with Crippen molar-refractivity contribution in [3.05, 3.63) is 0 Å². The predicted octanol–water partition coefficient (Wildman–Crippen LogP) is -0.895. The minimum atomic E-state index is -1.53. The Morgan fingerprint density at radius 3 is 2.30 bits per heavy atom. The minimum Gasteiger partial charge on any atom is -0.426 e. The van der Waals surface area contributed by atoms with Crippen LogP contribution in [0.3, 0.4) is 0 Å². The summed E-state index contributed by atoms with van der Waals surface area (Å²) < 4.78 is 0. The van der Waals surface area contributed by atoms with Gasteiger partial charge in [0.2, 0.25) is 0 Å². The van der Waals surface area contributed by atoms with E-state index in [0.717, 1.165) is 12.4 Å². The van der Waals surface area contributed by atoms with Crippen LogP contribution in [0, 0.1) is 0 Å². The first-order valence-corrected chi connectivity index (χ1v) is 2.68. The molecule has 6 heteroatoms. The van der Waals surface area contributed by atoms with Gasteiger partial charge in [0.05, 0.1) is 5.82 Å². The highest BCUT2D eigenvalue weighted by Gasteiger charge is 2.21. The van der Waals surface area contributed by atoms with Crippen LogP contribution in [0.1, 0.15) is 0 Å². The van der Waals surface area contributed by atoms with Gasteiger partial charge in [-0.15, -0.1) is 0 Å². The zero-order valence-electron chi connectivity index (χ0n) is 5.01. The smallest absolute Gasteiger partial charge is 0.426 e. The number of aliphatic imine (C=N–C) groups is 2. The van der Waals surface area contributed by atoms with Crippen LogP contribution >= 0.6 is 0 Å². The van der Waals surface area contributed by atoms with Gasteiger partial charge in [-0.05, 0) is 0 Å². The maximum Gasteiger partial charge on any atom is 0.466 e. The first-order valence-electron chi connectivity index (χ1n) is 2.68. The highest BCUT2D eigenvalue weighted by atomic mass is 16.4. The number of amides is 2. The predicted molar refractivity (Wildman–Crippen MR) is 36.3 cm³/mol. The third-order valence-corrected chi connectivity index (χ3v) is 1.06. The van der Waals surface area contributed by atoms with Crippen LogP contribution in [-0.4, -0.2) is 35.6 Å². The van der Waals surface area contributed by atoms with Gasteiger partial charge in [-0.1, -0.05) is 0 Å². The van der Waals surface area contributed by atoms with Crippen LogP contribution in [0.25, 0.3) is 0 Å². The first kappa shape index (κ1) is 7.11. The monoisotopic (exact) mass is 140 g/mol. The van der Waals surface area contributed by atoms with Crippen LogP contribution in [0.4, 0.5) is 4.79 Å². The molecular formula is C4H5BN2O3. The van der Waals surface area contributed by atoms with Crippen molar-refractivity contribution < 1.29 is 14.8 Å². The van der Waals surface area contributed by atoms with E-state index in [2.05, 4.69) is 9.98 Å². The summed E-state index contributed by atoms with van der Waals surface area (Å²) in [6.07, 6.45) is 2.31. The molecule has 52 valence electrons. The molecule has 0 aromatic heterocycles. The molecule has 2 N–H and O–H groups in total. The summed E-state index contributed by atoms with van der Waals surface area (Å²) in [5.74, 6) is -0.655. The average molecular weight is 140 g/mol. The van der Waals surface area contributed by atoms with E-state index < -0.39 is 19.0 Å². The third kappa shape index (κ3) is 1.49. The Balaban J connectivity index is 2.62. The van der Waals surface area contributed by atoms with E-state index in [1.165, 1.54) is 0 Å². The Labute approximate surface area is 57.3 Å². The molecule has 1 aliphatic heterocycles. The quantitative estimate of drug-likeness (QED) is 0.463. The molecule has 1 heterocycles. The van der Waals surface area contributed by atoms with E-state index in [1.54, 1.807) is 0 Å². The van der Waals surface area contributed by atoms with E-state index in [1.807, 2.05) is 0 Å². The first-order chi connectivity index (χ1) is 4.70. The van der Waals surface area contributed by atoms with Crippen molar-refractivity contribution in [2.45, 2.75) is 5.82 Å². The maximum absolute atomic E-state index is 10.3. The van der Waals surface area contributed by atoms with Crippen molar-refractivity contribution in [2.75, 3.05) is 0 Å². The number of urea groups is 1. The zero-order valence-corrected chi connectivity index (χ0v) is 5.01. The molecule has 0 saturated carbocycles. The van der Waals surface area contributed by atoms with Gasteiger partial charge >= 0.3 is 13.1 Å². The fourth-order valence-corrected chi connectivity index (χ4v) is 0.525. The second kappa shape index (κ2) is 2.72. The van der Waals surface area contributed by atoms with Crippen molar-refractivity contribution in [1.29, 1.82) is 0 Å². The van der Waals surface area contributed by atoms with Crippen LogP contribution in [0.5, 0.6) is 0 Å². The molecule has 1 rings (SSSR count). The molecule has 0 aromatic rings. The highest BCUT2D eigenvalue weighted by Crippen LogP contribution is 2.03. The van der Waals surface area contributed by atoms with Crippen LogP contribution < -0.4 is 0 Å². The Morgan fingerprint density at radius 2 is 1.90 bits per heavy atom. The lowest BCUT2D eigenvalue weighted by Gasteiger charge is -2.04. The van der Waals surface area contributed by atoms with E-state index in [-0.39, 0.29) is 0 Å². The molecular weight excluding hydrogens is 135 g/mol. The molecule has 5 nitrogen and oxygen atoms in total. The van der Waals surface area contributed by atoms with E-state index in [9.17, 15) is 4.79 Å². The maximum atomic E-state index is 10.3. The van der Waals surface area contributed by atoms with Crippen LogP contribution in [0.2, 0.25) is 5.82 Å². The van der Waals surface area contributed by atoms with Gasteiger partial charge in [-0.2, -0.15) is 0 Å². The molecule has 0 radical (unpaired) electrons. The summed E-state index contributed by atoms with van der Waals surface area (Å²) in [5.41, 5.74) is 0. The number of rotatable bonds is 1. The SMILES string of the molecule is O=C1N=CC(B(O)O)C=N1. The molecule has 0 atom stereocenters. The summed E-state index contributed by atoms with van der Waals surface area (Å²) in [4.78, 5) is 16.8. The zero-order chi connectivity index (χ0) is 7.56. The number of nitrogens with zero attached hydrogens (tertiary/aromatic N) is 2. The van der Waals surface area contributed by atoms with Crippen molar-refractivity contribution >= 4 is 25.6 Å². The van der Waals surface area contributed by atoms with Crippen LogP contribution in [-0.2, 0) is 0 Å². The Morgan fingerprint density at radius 1 is 1.40 bits per heavy atom. The highest BCUT2D eigenvalue weighted by molar-refractivity contribution is 6.53. The Bertz CT molecular complexity index is 185. The molecule has 0 aromatic carbocycles. The normalized spacial score (nSPS) is 18.0. The number of hydrogen-bond acceptors (Lipinski definition) is 3. The second-order valence-corrected chi connectivity index (χ2v) is 1.83. The van der Waals surface area contributed by atoms with Gasteiger partial charge in [0, 0.05) is 12.4 Å². The standard InChI is InChI=1S/C4H5BN2O3/c8-4-6-1-3(2-7-4)5(9)10/h1-3,9-10H. The Hall–Kier alpha value is -1.01. The summed E-state index contributed by atoms with van der Waals surface area (Å²) in [5, 5.41) is 17.1. The summed E-state index contributed by atoms with van der Waals surface area (Å²) in [6.45, 7) is 0. The fraction of sp³-hybridized carbons (Fsp3) is 0.250. The number of carbonyl (C=O) groups excluding carboxylic acids is 1. The number of hydrogen-bond donors (Lipinski definition) is 2. The lowest BCUT2D eigenvalue weighted by molar-refractivity contribution is 0.257. The molecule has 10 heavy (non-hydrogen) atoms. The van der Waals surface area contributed by atoms with Gasteiger partial charge in [0.15, 0.2) is 0 Å². The molecule has 0 spiro atoms.